The van der Waals surface area contributed by atoms with Crippen molar-refractivity contribution < 1.29 is 14.7 Å². The van der Waals surface area contributed by atoms with Gasteiger partial charge in [-0.05, 0) is 0 Å². The van der Waals surface area contributed by atoms with Crippen LogP contribution in [0.15, 0.2) is 0 Å². The number of rotatable bonds is 7. The topological polar surface area (TPSA) is 60.9 Å². The molecule has 1 rings (SSSR count). The molecule has 0 amide bonds. The van der Waals surface area contributed by atoms with E-state index in [4.69, 9.17) is 5.11 Å². The van der Waals surface area contributed by atoms with Gasteiger partial charge in [0.1, 0.15) is 12.9 Å². The molecule has 0 unspecified atom stereocenters. The van der Waals surface area contributed by atoms with E-state index < -0.39 is 0 Å². The monoisotopic (exact) mass is 228 g/mol. The number of piperazine rings is 1. The quantitative estimate of drug-likeness (QED) is 0.575. The SMILES string of the molecule is O=CCCN1CCN(CCC(=O)CO)CC1. The molecule has 1 saturated heterocycles. The van der Waals surface area contributed by atoms with E-state index in [9.17, 15) is 9.59 Å². The summed E-state index contributed by atoms with van der Waals surface area (Å²) in [4.78, 5) is 25.6. The predicted molar refractivity (Wildman–Crippen MR) is 60.3 cm³/mol. The minimum Gasteiger partial charge on any atom is -0.389 e. The number of aliphatic hydroxyl groups is 1. The average molecular weight is 228 g/mol. The molecule has 0 aromatic heterocycles. The number of ketones is 1. The average Bonchev–Trinajstić information content (AvgIpc) is 2.34. The molecule has 92 valence electrons. The Balaban J connectivity index is 2.11. The summed E-state index contributed by atoms with van der Waals surface area (Å²) in [6.07, 6.45) is 1.99. The maximum absolute atomic E-state index is 10.9. The highest BCUT2D eigenvalue weighted by Crippen LogP contribution is 2.02. The van der Waals surface area contributed by atoms with Crippen molar-refractivity contribution in [2.75, 3.05) is 45.9 Å². The van der Waals surface area contributed by atoms with E-state index in [1.54, 1.807) is 0 Å². The zero-order valence-electron chi connectivity index (χ0n) is 9.60. The summed E-state index contributed by atoms with van der Waals surface area (Å²) < 4.78 is 0. The fourth-order valence-electron chi connectivity index (χ4n) is 1.83. The highest BCUT2D eigenvalue weighted by molar-refractivity contribution is 5.79. The summed E-state index contributed by atoms with van der Waals surface area (Å²) in [7, 11) is 0. The minimum atomic E-state index is -0.348. The molecule has 1 fully saturated rings. The largest absolute Gasteiger partial charge is 0.389 e. The van der Waals surface area contributed by atoms with Crippen LogP contribution < -0.4 is 0 Å². The Morgan fingerprint density at radius 2 is 1.69 bits per heavy atom. The van der Waals surface area contributed by atoms with E-state index in [-0.39, 0.29) is 12.4 Å². The predicted octanol–water partition coefficient (Wildman–Crippen LogP) is -0.855. The number of hydrogen-bond acceptors (Lipinski definition) is 5. The molecule has 0 atom stereocenters. The summed E-state index contributed by atoms with van der Waals surface area (Å²) in [6.45, 7) is 5.03. The van der Waals surface area contributed by atoms with Gasteiger partial charge in [0.15, 0.2) is 5.78 Å². The van der Waals surface area contributed by atoms with Crippen molar-refractivity contribution >= 4 is 12.1 Å². The van der Waals surface area contributed by atoms with Gasteiger partial charge in [-0.3, -0.25) is 4.79 Å². The first kappa shape index (κ1) is 13.3. The van der Waals surface area contributed by atoms with Gasteiger partial charge in [0.2, 0.25) is 0 Å². The number of nitrogens with zero attached hydrogens (tertiary/aromatic N) is 2. The van der Waals surface area contributed by atoms with Gasteiger partial charge in [0.05, 0.1) is 0 Å². The third-order valence-corrected chi connectivity index (χ3v) is 2.91. The first-order chi connectivity index (χ1) is 7.76. The fourth-order valence-corrected chi connectivity index (χ4v) is 1.83. The van der Waals surface area contributed by atoms with Crippen LogP contribution in [-0.4, -0.2) is 72.9 Å². The summed E-state index contributed by atoms with van der Waals surface area (Å²) in [5, 5.41) is 8.59. The lowest BCUT2D eigenvalue weighted by Gasteiger charge is -2.34. The van der Waals surface area contributed by atoms with Crippen LogP contribution in [0, 0.1) is 0 Å². The van der Waals surface area contributed by atoms with Gasteiger partial charge in [-0.1, -0.05) is 0 Å². The van der Waals surface area contributed by atoms with Crippen molar-refractivity contribution in [3.63, 3.8) is 0 Å². The van der Waals surface area contributed by atoms with Crippen molar-refractivity contribution in [1.29, 1.82) is 0 Å². The zero-order chi connectivity index (χ0) is 11.8. The maximum atomic E-state index is 10.9. The van der Waals surface area contributed by atoms with Crippen LogP contribution >= 0.6 is 0 Å². The Hall–Kier alpha value is -0.780. The lowest BCUT2D eigenvalue weighted by Crippen LogP contribution is -2.47. The lowest BCUT2D eigenvalue weighted by molar-refractivity contribution is -0.122. The molecule has 0 aromatic carbocycles. The molecule has 0 aromatic rings. The van der Waals surface area contributed by atoms with Crippen LogP contribution in [0.3, 0.4) is 0 Å². The molecule has 5 nitrogen and oxygen atoms in total. The molecule has 1 N–H and O–H groups in total. The number of aldehydes is 1. The van der Waals surface area contributed by atoms with E-state index in [1.807, 2.05) is 0 Å². The molecule has 1 heterocycles. The Morgan fingerprint density at radius 3 is 2.19 bits per heavy atom. The fraction of sp³-hybridized carbons (Fsp3) is 0.818. The normalized spacial score (nSPS) is 18.6. The second kappa shape index (κ2) is 7.49. The minimum absolute atomic E-state index is 0.0941. The van der Waals surface area contributed by atoms with Crippen LogP contribution in [0.5, 0.6) is 0 Å². The van der Waals surface area contributed by atoms with Crippen molar-refractivity contribution in [3.05, 3.63) is 0 Å². The van der Waals surface area contributed by atoms with Crippen LogP contribution in [0.2, 0.25) is 0 Å². The molecular formula is C11H20N2O3. The first-order valence-corrected chi connectivity index (χ1v) is 5.77. The van der Waals surface area contributed by atoms with Crippen molar-refractivity contribution in [1.82, 2.24) is 9.80 Å². The Bertz CT molecular complexity index is 225. The molecule has 5 heteroatoms. The van der Waals surface area contributed by atoms with Gasteiger partial charge >= 0.3 is 0 Å². The third-order valence-electron chi connectivity index (χ3n) is 2.91. The van der Waals surface area contributed by atoms with Crippen molar-refractivity contribution in [2.24, 2.45) is 0 Å². The summed E-state index contributed by atoms with van der Waals surface area (Å²) in [5.41, 5.74) is 0. The molecule has 0 saturated carbocycles. The number of carbonyl (C=O) groups excluding carboxylic acids is 2. The first-order valence-electron chi connectivity index (χ1n) is 5.77. The second-order valence-electron chi connectivity index (χ2n) is 4.09. The molecule has 1 aliphatic rings. The van der Waals surface area contributed by atoms with Gasteiger partial charge in [-0.25, -0.2) is 0 Å². The molecule has 0 radical (unpaired) electrons. The summed E-state index contributed by atoms with van der Waals surface area (Å²) >= 11 is 0. The van der Waals surface area contributed by atoms with Crippen LogP contribution in [-0.2, 0) is 9.59 Å². The van der Waals surface area contributed by atoms with E-state index in [0.717, 1.165) is 45.6 Å². The van der Waals surface area contributed by atoms with Crippen molar-refractivity contribution in [3.8, 4) is 0 Å². The van der Waals surface area contributed by atoms with Crippen LogP contribution in [0.25, 0.3) is 0 Å². The number of hydrogen-bond donors (Lipinski definition) is 1. The zero-order valence-corrected chi connectivity index (χ0v) is 9.60. The highest BCUT2D eigenvalue weighted by Gasteiger charge is 2.16. The van der Waals surface area contributed by atoms with Crippen LogP contribution in [0.4, 0.5) is 0 Å². The summed E-state index contributed by atoms with van der Waals surface area (Å²) in [5.74, 6) is -0.0941. The molecule has 16 heavy (non-hydrogen) atoms. The van der Waals surface area contributed by atoms with E-state index in [2.05, 4.69) is 9.80 Å². The highest BCUT2D eigenvalue weighted by atomic mass is 16.3. The second-order valence-corrected chi connectivity index (χ2v) is 4.09. The van der Waals surface area contributed by atoms with Gasteiger partial charge in [-0.15, -0.1) is 0 Å². The Morgan fingerprint density at radius 1 is 1.12 bits per heavy atom. The van der Waals surface area contributed by atoms with E-state index in [1.165, 1.54) is 0 Å². The van der Waals surface area contributed by atoms with Crippen molar-refractivity contribution in [2.45, 2.75) is 12.8 Å². The molecule has 1 aliphatic heterocycles. The third kappa shape index (κ3) is 4.83. The van der Waals surface area contributed by atoms with Gasteiger partial charge in [0, 0.05) is 52.1 Å². The lowest BCUT2D eigenvalue weighted by atomic mass is 10.2. The molecule has 0 aliphatic carbocycles. The Kier molecular flexibility index (Phi) is 6.22. The molecular weight excluding hydrogens is 208 g/mol. The maximum Gasteiger partial charge on any atom is 0.159 e. The Labute approximate surface area is 96.0 Å². The number of carbonyl (C=O) groups is 2. The van der Waals surface area contributed by atoms with E-state index in [0.29, 0.717) is 12.8 Å². The van der Waals surface area contributed by atoms with Gasteiger partial charge in [0.25, 0.3) is 0 Å². The van der Waals surface area contributed by atoms with Gasteiger partial charge in [-0.2, -0.15) is 0 Å². The standard InChI is InChI=1S/C11H20N2O3/c14-9-1-3-12-5-7-13(8-6-12)4-2-11(16)10-15/h9,15H,1-8,10H2. The molecule has 0 spiro atoms. The number of aliphatic hydroxyl groups excluding tert-OH is 1. The smallest absolute Gasteiger partial charge is 0.159 e. The van der Waals surface area contributed by atoms with E-state index >= 15 is 0 Å². The summed E-state index contributed by atoms with van der Waals surface area (Å²) in [6, 6.07) is 0. The van der Waals surface area contributed by atoms with Gasteiger partial charge < -0.3 is 19.7 Å². The molecule has 0 bridgehead atoms. The number of Topliss-reactive ketones (excluding diaryl/α,β-unsaturated/α-hetero) is 1. The van der Waals surface area contributed by atoms with Crippen LogP contribution in [0.1, 0.15) is 12.8 Å².